The Morgan fingerprint density at radius 2 is 1.51 bits per heavy atom. The molecule has 4 aromatic rings. The maximum atomic E-state index is 14.2. The molecule has 1 saturated heterocycles. The van der Waals surface area contributed by atoms with E-state index in [1.54, 1.807) is 37.3 Å². The van der Waals surface area contributed by atoms with Gasteiger partial charge in [0.2, 0.25) is 11.8 Å². The molecule has 1 aliphatic heterocycles. The third-order valence-electron chi connectivity index (χ3n) is 8.53. The van der Waals surface area contributed by atoms with Crippen LogP contribution in [0.5, 0.6) is 0 Å². The molecule has 1 heterocycles. The van der Waals surface area contributed by atoms with Gasteiger partial charge in [-0.2, -0.15) is 0 Å². The molecule has 2 bridgehead atoms. The number of halogens is 1. The first-order valence-electron chi connectivity index (χ1n) is 13.2. The predicted octanol–water partition coefficient (Wildman–Crippen LogP) is 5.85. The van der Waals surface area contributed by atoms with Crippen LogP contribution in [0.25, 0.3) is 0 Å². The van der Waals surface area contributed by atoms with E-state index in [0.717, 1.165) is 27.8 Å². The summed E-state index contributed by atoms with van der Waals surface area (Å²) in [7, 11) is 0. The number of carboxylic acid groups (broad SMARTS) is 1. The largest absolute Gasteiger partial charge is 0.478 e. The summed E-state index contributed by atoms with van der Waals surface area (Å²) in [6.07, 6.45) is 0. The summed E-state index contributed by atoms with van der Waals surface area (Å²) >= 11 is 3.99. The van der Waals surface area contributed by atoms with E-state index in [1.807, 2.05) is 48.5 Å². The van der Waals surface area contributed by atoms with Gasteiger partial charge in [-0.3, -0.25) is 14.4 Å². The van der Waals surface area contributed by atoms with Gasteiger partial charge in [-0.1, -0.05) is 76.6 Å². The SMILES string of the molecule is Cc1ccc(C(=O)O)c(NC(=O)c2cccc(N3C(=O)[C@@H]4C5c6ccccc6C(Br)(c6ccccc65)[C@@H]4C3=O)c2)c1. The van der Waals surface area contributed by atoms with Crippen LogP contribution < -0.4 is 10.2 Å². The van der Waals surface area contributed by atoms with E-state index in [-0.39, 0.29) is 34.5 Å². The molecule has 0 spiro atoms. The van der Waals surface area contributed by atoms with Crippen molar-refractivity contribution >= 4 is 51.0 Å². The fourth-order valence-corrected chi connectivity index (χ4v) is 8.07. The van der Waals surface area contributed by atoms with Crippen LogP contribution in [0, 0.1) is 18.8 Å². The lowest BCUT2D eigenvalue weighted by atomic mass is 9.55. The minimum absolute atomic E-state index is 0.0358. The van der Waals surface area contributed by atoms with Gasteiger partial charge in [0.1, 0.15) is 0 Å². The van der Waals surface area contributed by atoms with Gasteiger partial charge in [-0.15, -0.1) is 0 Å². The number of carbonyl (C=O) groups excluding carboxylic acids is 3. The average molecular weight is 607 g/mol. The van der Waals surface area contributed by atoms with Gasteiger partial charge in [0.25, 0.3) is 5.91 Å². The van der Waals surface area contributed by atoms with E-state index in [0.29, 0.717) is 5.69 Å². The van der Waals surface area contributed by atoms with Crippen LogP contribution in [0.4, 0.5) is 11.4 Å². The van der Waals surface area contributed by atoms with Crippen LogP contribution in [-0.4, -0.2) is 28.8 Å². The van der Waals surface area contributed by atoms with Crippen molar-refractivity contribution < 1.29 is 24.3 Å². The van der Waals surface area contributed by atoms with Gasteiger partial charge < -0.3 is 10.4 Å². The average Bonchev–Trinajstić information content (AvgIpc) is 3.24. The maximum Gasteiger partial charge on any atom is 0.337 e. The Kier molecular flexibility index (Phi) is 5.56. The van der Waals surface area contributed by atoms with Crippen LogP contribution in [-0.2, 0) is 13.9 Å². The van der Waals surface area contributed by atoms with E-state index in [2.05, 4.69) is 21.2 Å². The Hall–Kier alpha value is -4.56. The van der Waals surface area contributed by atoms with Gasteiger partial charge in [0, 0.05) is 11.5 Å². The highest BCUT2D eigenvalue weighted by molar-refractivity contribution is 9.09. The highest BCUT2D eigenvalue weighted by atomic mass is 79.9. The highest BCUT2D eigenvalue weighted by Gasteiger charge is 2.67. The number of anilines is 2. The van der Waals surface area contributed by atoms with E-state index in [1.165, 1.54) is 17.0 Å². The smallest absolute Gasteiger partial charge is 0.337 e. The van der Waals surface area contributed by atoms with Gasteiger partial charge in [0.15, 0.2) is 0 Å². The number of amides is 3. The van der Waals surface area contributed by atoms with E-state index < -0.39 is 28.0 Å². The molecule has 0 saturated carbocycles. The zero-order valence-corrected chi connectivity index (χ0v) is 23.4. The molecule has 3 amide bonds. The summed E-state index contributed by atoms with van der Waals surface area (Å²) in [6.45, 7) is 1.80. The summed E-state index contributed by atoms with van der Waals surface area (Å²) in [4.78, 5) is 54.5. The zero-order chi connectivity index (χ0) is 28.6. The van der Waals surface area contributed by atoms with Gasteiger partial charge in [-0.05, 0) is 65.1 Å². The molecular formula is C33H23BrN2O5. The highest BCUT2D eigenvalue weighted by Crippen LogP contribution is 2.66. The van der Waals surface area contributed by atoms with E-state index in [9.17, 15) is 24.3 Å². The second kappa shape index (κ2) is 8.97. The molecule has 0 aromatic heterocycles. The molecule has 0 radical (unpaired) electrons. The molecule has 4 aromatic carbocycles. The van der Waals surface area contributed by atoms with Crippen LogP contribution in [0.1, 0.15) is 54.5 Å². The van der Waals surface area contributed by atoms with Gasteiger partial charge >= 0.3 is 5.97 Å². The van der Waals surface area contributed by atoms with Gasteiger partial charge in [-0.25, -0.2) is 9.69 Å². The van der Waals surface area contributed by atoms with Crippen LogP contribution in [0.2, 0.25) is 0 Å². The van der Waals surface area contributed by atoms with Crippen molar-refractivity contribution in [1.82, 2.24) is 0 Å². The summed E-state index contributed by atoms with van der Waals surface area (Å²) < 4.78 is -0.867. The Bertz CT molecular complexity index is 1780. The first-order valence-corrected chi connectivity index (χ1v) is 14.0. The summed E-state index contributed by atoms with van der Waals surface area (Å²) in [5.41, 5.74) is 5.47. The Morgan fingerprint density at radius 3 is 2.17 bits per heavy atom. The summed E-state index contributed by atoms with van der Waals surface area (Å²) in [5, 5.41) is 12.2. The van der Waals surface area contributed by atoms with E-state index in [4.69, 9.17) is 0 Å². The number of benzene rings is 4. The number of nitrogens with one attached hydrogen (secondary N) is 1. The fraction of sp³-hybridized carbons (Fsp3) is 0.152. The number of hydrogen-bond donors (Lipinski definition) is 2. The lowest BCUT2D eigenvalue weighted by Crippen LogP contribution is -2.50. The molecule has 2 atom stereocenters. The second-order valence-corrected chi connectivity index (χ2v) is 12.0. The van der Waals surface area contributed by atoms with Crippen molar-refractivity contribution in [3.63, 3.8) is 0 Å². The third kappa shape index (κ3) is 3.50. The van der Waals surface area contributed by atoms with Crippen molar-refractivity contribution in [3.05, 3.63) is 130 Å². The molecule has 7 nitrogen and oxygen atoms in total. The molecule has 41 heavy (non-hydrogen) atoms. The number of aromatic carboxylic acids is 1. The molecule has 2 N–H and O–H groups in total. The van der Waals surface area contributed by atoms with Crippen molar-refractivity contribution in [1.29, 1.82) is 0 Å². The number of aryl methyl sites for hydroxylation is 1. The minimum atomic E-state index is -1.16. The zero-order valence-electron chi connectivity index (χ0n) is 21.8. The third-order valence-corrected chi connectivity index (χ3v) is 9.88. The first kappa shape index (κ1) is 25.4. The summed E-state index contributed by atoms with van der Waals surface area (Å²) in [5.74, 6) is -3.87. The van der Waals surface area contributed by atoms with Crippen molar-refractivity contribution in [2.75, 3.05) is 10.2 Å². The van der Waals surface area contributed by atoms with Crippen molar-refractivity contribution in [2.24, 2.45) is 11.8 Å². The molecule has 3 aliphatic carbocycles. The normalized spacial score (nSPS) is 23.6. The number of alkyl halides is 1. The number of carboxylic acids is 1. The molecule has 8 heteroatoms. The lowest BCUT2D eigenvalue weighted by Gasteiger charge is -2.51. The molecule has 0 unspecified atom stereocenters. The van der Waals surface area contributed by atoms with Crippen LogP contribution in [0.15, 0.2) is 91.0 Å². The fourth-order valence-electron chi connectivity index (χ4n) is 6.86. The minimum Gasteiger partial charge on any atom is -0.478 e. The molecule has 1 fully saturated rings. The Balaban J connectivity index is 1.28. The first-order chi connectivity index (χ1) is 19.7. The predicted molar refractivity (Wildman–Crippen MR) is 156 cm³/mol. The monoisotopic (exact) mass is 606 g/mol. The number of rotatable bonds is 4. The quantitative estimate of drug-likeness (QED) is 0.224. The topological polar surface area (TPSA) is 104 Å². The molecule has 8 rings (SSSR count). The number of nitrogens with zero attached hydrogens (tertiary/aromatic N) is 1. The Labute approximate surface area is 243 Å². The lowest BCUT2D eigenvalue weighted by molar-refractivity contribution is -0.122. The van der Waals surface area contributed by atoms with Crippen LogP contribution >= 0.6 is 15.9 Å². The standard InChI is InChI=1S/C33H23BrN2O5/c1-17-13-14-22(32(40)41)25(15-17)35-29(37)18-7-6-8-19(16-18)36-30(38)27-26-20-9-2-4-11-23(20)33(34,28(27)31(36)39)24-12-5-3-10-21(24)26/h2-16,26-28H,1H3,(H,35,37)(H,40,41)/t26?,27-,28+,33?/m1/s1. The second-order valence-electron chi connectivity index (χ2n) is 10.7. The molecular weight excluding hydrogens is 584 g/mol. The van der Waals surface area contributed by atoms with Crippen molar-refractivity contribution in [2.45, 2.75) is 17.2 Å². The molecule has 4 aliphatic rings. The van der Waals surface area contributed by atoms with Gasteiger partial charge in [0.05, 0.1) is 33.1 Å². The van der Waals surface area contributed by atoms with Crippen LogP contribution in [0.3, 0.4) is 0 Å². The Morgan fingerprint density at radius 1 is 0.854 bits per heavy atom. The van der Waals surface area contributed by atoms with E-state index >= 15 is 0 Å². The number of hydrogen-bond acceptors (Lipinski definition) is 4. The summed E-state index contributed by atoms with van der Waals surface area (Å²) in [6, 6.07) is 26.9. The number of imide groups is 1. The molecule has 202 valence electrons. The maximum absolute atomic E-state index is 14.2. The van der Waals surface area contributed by atoms with Crippen molar-refractivity contribution in [3.8, 4) is 0 Å². The number of carbonyl (C=O) groups is 4.